The van der Waals surface area contributed by atoms with Crippen LogP contribution in [0.2, 0.25) is 0 Å². The van der Waals surface area contributed by atoms with Crippen molar-refractivity contribution in [1.29, 1.82) is 0 Å². The van der Waals surface area contributed by atoms with Crippen molar-refractivity contribution in [2.75, 3.05) is 6.61 Å². The molecule has 0 radical (unpaired) electrons. The minimum atomic E-state index is -1.83. The summed E-state index contributed by atoms with van der Waals surface area (Å²) in [7, 11) is 0. The third kappa shape index (κ3) is 12.0. The number of aliphatic hydroxyl groups is 4. The van der Waals surface area contributed by atoms with Crippen LogP contribution in [0.4, 0.5) is 0 Å². The number of rotatable bonds is 16. The molecule has 7 nitrogen and oxygen atoms in total. The minimum Gasteiger partial charge on any atom is -0.463 e. The van der Waals surface area contributed by atoms with Gasteiger partial charge in [-0.15, -0.1) is 0 Å². The third-order valence-electron chi connectivity index (χ3n) is 4.13. The molecule has 0 fully saturated rings. The zero-order valence-electron chi connectivity index (χ0n) is 15.2. The van der Waals surface area contributed by atoms with E-state index in [1.165, 1.54) is 38.5 Å². The Hall–Kier alpha value is -1.02. The molecule has 0 heterocycles. The Balaban J connectivity index is 3.68. The van der Waals surface area contributed by atoms with Gasteiger partial charge in [-0.3, -0.25) is 4.79 Å². The summed E-state index contributed by atoms with van der Waals surface area (Å²) in [5.74, 6) is -0.486. The summed E-state index contributed by atoms with van der Waals surface area (Å²) in [6.07, 6.45) is 3.51. The fourth-order valence-electron chi connectivity index (χ4n) is 2.44. The van der Waals surface area contributed by atoms with Crippen molar-refractivity contribution >= 4 is 12.3 Å². The smallest absolute Gasteiger partial charge is 0.305 e. The first-order chi connectivity index (χ1) is 11.9. The van der Waals surface area contributed by atoms with E-state index in [-0.39, 0.29) is 12.7 Å². The van der Waals surface area contributed by atoms with Gasteiger partial charge in [0, 0.05) is 6.42 Å². The van der Waals surface area contributed by atoms with Crippen LogP contribution < -0.4 is 0 Å². The Bertz CT molecular complexity index is 348. The molecule has 0 bridgehead atoms. The average molecular weight is 362 g/mol. The molecule has 0 unspecified atom stereocenters. The van der Waals surface area contributed by atoms with Gasteiger partial charge in [0.25, 0.3) is 0 Å². The van der Waals surface area contributed by atoms with Gasteiger partial charge in [-0.2, -0.15) is 0 Å². The molecule has 0 spiro atoms. The standard InChI is InChI=1S/C18H34O7/c1-2-3-4-5-6-7-8-9-10-11-16(22)25-13-15(21)18(24)17(23)14(20)12-19/h12,14-15,17-18,20-21,23-24H,2-11,13H2,1H3/t14-,15-,17-,18-/m0/s1. The van der Waals surface area contributed by atoms with E-state index in [1.54, 1.807) is 0 Å². The molecular formula is C18H34O7. The van der Waals surface area contributed by atoms with E-state index in [2.05, 4.69) is 6.92 Å². The number of esters is 1. The number of aldehydes is 1. The van der Waals surface area contributed by atoms with E-state index in [1.807, 2.05) is 0 Å². The number of carbonyl (C=O) groups is 2. The number of aliphatic hydroxyl groups excluding tert-OH is 4. The van der Waals surface area contributed by atoms with Gasteiger partial charge in [0.15, 0.2) is 6.29 Å². The largest absolute Gasteiger partial charge is 0.463 e. The molecule has 0 aliphatic carbocycles. The Morgan fingerprint density at radius 2 is 1.40 bits per heavy atom. The summed E-state index contributed by atoms with van der Waals surface area (Å²) in [4.78, 5) is 21.9. The van der Waals surface area contributed by atoms with Crippen molar-refractivity contribution in [2.24, 2.45) is 0 Å². The molecule has 4 N–H and O–H groups in total. The molecule has 148 valence electrons. The van der Waals surface area contributed by atoms with Crippen molar-refractivity contribution in [3.8, 4) is 0 Å². The van der Waals surface area contributed by atoms with E-state index >= 15 is 0 Å². The Kier molecular flexibility index (Phi) is 14.6. The summed E-state index contributed by atoms with van der Waals surface area (Å²) in [6.45, 7) is 1.69. The van der Waals surface area contributed by atoms with E-state index in [0.29, 0.717) is 6.42 Å². The van der Waals surface area contributed by atoms with Crippen LogP contribution in [0.1, 0.15) is 71.1 Å². The average Bonchev–Trinajstić information content (AvgIpc) is 2.62. The quantitative estimate of drug-likeness (QED) is 0.184. The SMILES string of the molecule is CCCCCCCCCCCC(=O)OC[C@H](O)[C@H](O)[C@@H](O)[C@@H](O)C=O. The van der Waals surface area contributed by atoms with Crippen molar-refractivity contribution in [1.82, 2.24) is 0 Å². The Labute approximate surface area is 150 Å². The maximum atomic E-state index is 11.6. The molecular weight excluding hydrogens is 328 g/mol. The predicted molar refractivity (Wildman–Crippen MR) is 92.9 cm³/mol. The fraction of sp³-hybridized carbons (Fsp3) is 0.889. The lowest BCUT2D eigenvalue weighted by atomic mass is 10.0. The van der Waals surface area contributed by atoms with Crippen molar-refractivity contribution in [3.63, 3.8) is 0 Å². The van der Waals surface area contributed by atoms with Gasteiger partial charge in [0.1, 0.15) is 31.0 Å². The molecule has 4 atom stereocenters. The number of ether oxygens (including phenoxy) is 1. The lowest BCUT2D eigenvalue weighted by Crippen LogP contribution is -2.46. The second kappa shape index (κ2) is 15.3. The maximum absolute atomic E-state index is 11.6. The summed E-state index contributed by atoms with van der Waals surface area (Å²) in [6, 6.07) is 0. The highest BCUT2D eigenvalue weighted by molar-refractivity contribution is 5.69. The topological polar surface area (TPSA) is 124 Å². The Morgan fingerprint density at radius 3 is 1.92 bits per heavy atom. The molecule has 0 aliphatic heterocycles. The van der Waals surface area contributed by atoms with Gasteiger partial charge in [-0.25, -0.2) is 0 Å². The van der Waals surface area contributed by atoms with Gasteiger partial charge < -0.3 is 30.0 Å². The van der Waals surface area contributed by atoms with Crippen LogP contribution >= 0.6 is 0 Å². The molecule has 0 aromatic heterocycles. The molecule has 0 amide bonds. The second-order valence-corrected chi connectivity index (χ2v) is 6.44. The predicted octanol–water partition coefficient (Wildman–Crippen LogP) is 1.09. The first kappa shape index (κ1) is 24.0. The molecule has 0 aliphatic rings. The lowest BCUT2D eigenvalue weighted by Gasteiger charge is -2.23. The Morgan fingerprint density at radius 1 is 0.880 bits per heavy atom. The van der Waals surface area contributed by atoms with Gasteiger partial charge >= 0.3 is 5.97 Å². The number of hydrogen-bond acceptors (Lipinski definition) is 7. The van der Waals surface area contributed by atoms with Crippen LogP contribution in [-0.4, -0.2) is 63.7 Å². The van der Waals surface area contributed by atoms with Gasteiger partial charge in [-0.05, 0) is 6.42 Å². The highest BCUT2D eigenvalue weighted by Gasteiger charge is 2.30. The van der Waals surface area contributed by atoms with Crippen LogP contribution in [0.3, 0.4) is 0 Å². The van der Waals surface area contributed by atoms with E-state index in [4.69, 9.17) is 9.84 Å². The van der Waals surface area contributed by atoms with Crippen LogP contribution in [-0.2, 0) is 14.3 Å². The van der Waals surface area contributed by atoms with Crippen LogP contribution in [0.25, 0.3) is 0 Å². The fourth-order valence-corrected chi connectivity index (χ4v) is 2.44. The molecule has 0 rings (SSSR count). The minimum absolute atomic E-state index is 0.0520. The van der Waals surface area contributed by atoms with E-state index in [9.17, 15) is 24.9 Å². The maximum Gasteiger partial charge on any atom is 0.305 e. The first-order valence-corrected chi connectivity index (χ1v) is 9.27. The number of carbonyl (C=O) groups excluding carboxylic acids is 2. The van der Waals surface area contributed by atoms with Gasteiger partial charge in [0.05, 0.1) is 0 Å². The lowest BCUT2D eigenvalue weighted by molar-refractivity contribution is -0.156. The summed E-state index contributed by atoms with van der Waals surface area (Å²) in [5.41, 5.74) is 0. The number of unbranched alkanes of at least 4 members (excludes halogenated alkanes) is 8. The summed E-state index contributed by atoms with van der Waals surface area (Å²) in [5, 5.41) is 37.6. The zero-order valence-corrected chi connectivity index (χ0v) is 15.2. The normalized spacial score (nSPS) is 16.0. The highest BCUT2D eigenvalue weighted by Crippen LogP contribution is 2.11. The van der Waals surface area contributed by atoms with Crippen LogP contribution in [0, 0.1) is 0 Å². The monoisotopic (exact) mass is 362 g/mol. The first-order valence-electron chi connectivity index (χ1n) is 9.27. The molecule has 0 saturated carbocycles. The molecule has 25 heavy (non-hydrogen) atoms. The molecule has 0 aromatic rings. The van der Waals surface area contributed by atoms with Crippen molar-refractivity contribution in [3.05, 3.63) is 0 Å². The molecule has 0 aromatic carbocycles. The van der Waals surface area contributed by atoms with Crippen LogP contribution in [0.5, 0.6) is 0 Å². The molecule has 7 heteroatoms. The van der Waals surface area contributed by atoms with E-state index < -0.39 is 37.0 Å². The van der Waals surface area contributed by atoms with E-state index in [0.717, 1.165) is 12.8 Å². The van der Waals surface area contributed by atoms with Crippen molar-refractivity contribution < 1.29 is 34.8 Å². The van der Waals surface area contributed by atoms with Crippen LogP contribution in [0.15, 0.2) is 0 Å². The van der Waals surface area contributed by atoms with Crippen molar-refractivity contribution in [2.45, 2.75) is 95.5 Å². The highest BCUT2D eigenvalue weighted by atomic mass is 16.5. The second-order valence-electron chi connectivity index (χ2n) is 6.44. The number of hydrogen-bond donors (Lipinski definition) is 4. The third-order valence-corrected chi connectivity index (χ3v) is 4.13. The molecule has 0 saturated heterocycles. The zero-order chi connectivity index (χ0) is 19.1. The van der Waals surface area contributed by atoms with Gasteiger partial charge in [-0.1, -0.05) is 58.3 Å². The summed E-state index contributed by atoms with van der Waals surface area (Å²) >= 11 is 0. The van der Waals surface area contributed by atoms with Gasteiger partial charge in [0.2, 0.25) is 0 Å². The summed E-state index contributed by atoms with van der Waals surface area (Å²) < 4.78 is 4.83.